The van der Waals surface area contributed by atoms with Crippen molar-refractivity contribution in [2.45, 2.75) is 20.8 Å². The first-order valence-corrected chi connectivity index (χ1v) is 4.97. The lowest BCUT2D eigenvalue weighted by atomic mass is 10.2. The van der Waals surface area contributed by atoms with Gasteiger partial charge in [0.2, 0.25) is 0 Å². The highest BCUT2D eigenvalue weighted by atomic mass is 16.3. The molecule has 16 heavy (non-hydrogen) atoms. The van der Waals surface area contributed by atoms with Crippen molar-refractivity contribution >= 4 is 10.9 Å². The molecule has 2 aromatic heterocycles. The second-order valence-corrected chi connectivity index (χ2v) is 3.88. The molecule has 2 aromatic rings. The van der Waals surface area contributed by atoms with Crippen LogP contribution in [-0.4, -0.2) is 19.6 Å². The first-order chi connectivity index (χ1) is 7.43. The van der Waals surface area contributed by atoms with Crippen LogP contribution in [0.15, 0.2) is 4.79 Å². The predicted octanol–water partition coefficient (Wildman–Crippen LogP) is 0.959. The van der Waals surface area contributed by atoms with Crippen molar-refractivity contribution in [1.82, 2.24) is 14.5 Å². The number of nitrogens with zero attached hydrogens (tertiary/aromatic N) is 3. The second-order valence-electron chi connectivity index (χ2n) is 3.88. The first-order valence-electron chi connectivity index (χ1n) is 4.97. The Hall–Kier alpha value is -1.91. The minimum absolute atomic E-state index is 0.0469. The van der Waals surface area contributed by atoms with Crippen LogP contribution in [0.3, 0.4) is 0 Å². The average molecular weight is 219 g/mol. The summed E-state index contributed by atoms with van der Waals surface area (Å²) in [6.45, 7) is 5.16. The van der Waals surface area contributed by atoms with E-state index in [0.717, 1.165) is 0 Å². The van der Waals surface area contributed by atoms with Crippen molar-refractivity contribution in [3.05, 3.63) is 27.6 Å². The Labute approximate surface area is 92.4 Å². The zero-order chi connectivity index (χ0) is 12.0. The summed E-state index contributed by atoms with van der Waals surface area (Å²) in [5.41, 5.74) is 1.27. The van der Waals surface area contributed by atoms with Crippen LogP contribution in [0, 0.1) is 20.8 Å². The van der Waals surface area contributed by atoms with Crippen molar-refractivity contribution in [3.63, 3.8) is 0 Å². The van der Waals surface area contributed by atoms with Crippen LogP contribution in [0.25, 0.3) is 10.9 Å². The molecule has 1 N–H and O–H groups in total. The van der Waals surface area contributed by atoms with E-state index in [0.29, 0.717) is 28.1 Å². The lowest BCUT2D eigenvalue weighted by Crippen LogP contribution is -2.21. The van der Waals surface area contributed by atoms with E-state index in [1.807, 2.05) is 0 Å². The Morgan fingerprint density at radius 1 is 1.19 bits per heavy atom. The van der Waals surface area contributed by atoms with Gasteiger partial charge in [0, 0.05) is 7.05 Å². The third-order valence-corrected chi connectivity index (χ3v) is 2.79. The summed E-state index contributed by atoms with van der Waals surface area (Å²) in [5, 5.41) is 10.3. The van der Waals surface area contributed by atoms with Gasteiger partial charge in [0.05, 0.1) is 16.8 Å². The van der Waals surface area contributed by atoms with E-state index in [1.165, 1.54) is 4.57 Å². The van der Waals surface area contributed by atoms with Crippen LogP contribution in [0.4, 0.5) is 0 Å². The standard InChI is InChI=1S/C11H13N3O2/c1-5-8-9(13-7(3)12-5)10(15)6(2)14(4)11(8)16/h15H,1-4H3. The minimum atomic E-state index is -0.178. The number of aryl methyl sites for hydroxylation is 2. The quantitative estimate of drug-likeness (QED) is 0.716. The highest BCUT2D eigenvalue weighted by Gasteiger charge is 2.15. The molecule has 5 heteroatoms. The van der Waals surface area contributed by atoms with Crippen molar-refractivity contribution in [2.24, 2.45) is 7.05 Å². The molecule has 0 aliphatic rings. The number of hydrogen-bond donors (Lipinski definition) is 1. The molecule has 0 unspecified atom stereocenters. The van der Waals surface area contributed by atoms with Crippen molar-refractivity contribution < 1.29 is 5.11 Å². The predicted molar refractivity (Wildman–Crippen MR) is 60.7 cm³/mol. The summed E-state index contributed by atoms with van der Waals surface area (Å²) in [7, 11) is 1.62. The largest absolute Gasteiger partial charge is 0.504 e. The molecule has 0 aliphatic carbocycles. The molecule has 0 bridgehead atoms. The van der Waals surface area contributed by atoms with Crippen LogP contribution in [0.1, 0.15) is 17.2 Å². The number of hydrogen-bond acceptors (Lipinski definition) is 4. The SMILES string of the molecule is Cc1nc(C)c2c(=O)n(C)c(C)c(O)c2n1. The van der Waals surface area contributed by atoms with Crippen molar-refractivity contribution in [3.8, 4) is 5.75 Å². The van der Waals surface area contributed by atoms with E-state index in [9.17, 15) is 9.90 Å². The first kappa shape index (κ1) is 10.6. The molecule has 0 fully saturated rings. The smallest absolute Gasteiger partial charge is 0.262 e. The van der Waals surface area contributed by atoms with Crippen LogP contribution < -0.4 is 5.56 Å². The Morgan fingerprint density at radius 2 is 1.81 bits per heavy atom. The fourth-order valence-electron chi connectivity index (χ4n) is 1.79. The molecule has 0 atom stereocenters. The summed E-state index contributed by atoms with van der Waals surface area (Å²) in [6, 6.07) is 0. The molecular weight excluding hydrogens is 206 g/mol. The zero-order valence-electron chi connectivity index (χ0n) is 9.70. The molecule has 0 amide bonds. The average Bonchev–Trinajstić information content (AvgIpc) is 2.22. The molecule has 0 radical (unpaired) electrons. The van der Waals surface area contributed by atoms with Gasteiger partial charge in [0.1, 0.15) is 11.3 Å². The van der Waals surface area contributed by atoms with Crippen LogP contribution in [0.5, 0.6) is 5.75 Å². The van der Waals surface area contributed by atoms with Gasteiger partial charge in [-0.05, 0) is 20.8 Å². The van der Waals surface area contributed by atoms with Crippen LogP contribution in [0.2, 0.25) is 0 Å². The van der Waals surface area contributed by atoms with Gasteiger partial charge in [-0.1, -0.05) is 0 Å². The Morgan fingerprint density at radius 3 is 2.44 bits per heavy atom. The summed E-state index contributed by atoms with van der Waals surface area (Å²) < 4.78 is 1.41. The number of aromatic nitrogens is 3. The number of fused-ring (bicyclic) bond motifs is 1. The third kappa shape index (κ3) is 1.28. The molecule has 0 spiro atoms. The van der Waals surface area contributed by atoms with Crippen LogP contribution >= 0.6 is 0 Å². The van der Waals surface area contributed by atoms with E-state index in [4.69, 9.17) is 0 Å². The maximum Gasteiger partial charge on any atom is 0.262 e. The van der Waals surface area contributed by atoms with Crippen molar-refractivity contribution in [2.75, 3.05) is 0 Å². The van der Waals surface area contributed by atoms with Gasteiger partial charge in [0.15, 0.2) is 5.75 Å². The second kappa shape index (κ2) is 3.30. The lowest BCUT2D eigenvalue weighted by molar-refractivity contribution is 0.467. The van der Waals surface area contributed by atoms with E-state index in [-0.39, 0.29) is 11.3 Å². The number of rotatable bonds is 0. The minimum Gasteiger partial charge on any atom is -0.504 e. The Bertz CT molecular complexity index is 644. The van der Waals surface area contributed by atoms with Gasteiger partial charge in [-0.25, -0.2) is 9.97 Å². The molecule has 2 rings (SSSR count). The van der Waals surface area contributed by atoms with Gasteiger partial charge in [-0.2, -0.15) is 0 Å². The van der Waals surface area contributed by atoms with Crippen LogP contribution in [-0.2, 0) is 7.05 Å². The molecule has 0 saturated heterocycles. The van der Waals surface area contributed by atoms with E-state index >= 15 is 0 Å². The van der Waals surface area contributed by atoms with Gasteiger partial charge < -0.3 is 9.67 Å². The van der Waals surface area contributed by atoms with Gasteiger partial charge >= 0.3 is 0 Å². The highest BCUT2D eigenvalue weighted by molar-refractivity contribution is 5.85. The maximum absolute atomic E-state index is 12.0. The topological polar surface area (TPSA) is 68.0 Å². The lowest BCUT2D eigenvalue weighted by Gasteiger charge is -2.10. The van der Waals surface area contributed by atoms with Gasteiger partial charge in [-0.15, -0.1) is 0 Å². The fourth-order valence-corrected chi connectivity index (χ4v) is 1.79. The highest BCUT2D eigenvalue weighted by Crippen LogP contribution is 2.24. The van der Waals surface area contributed by atoms with Gasteiger partial charge in [-0.3, -0.25) is 4.79 Å². The maximum atomic E-state index is 12.0. The summed E-state index contributed by atoms with van der Waals surface area (Å²) in [4.78, 5) is 20.3. The third-order valence-electron chi connectivity index (χ3n) is 2.79. The van der Waals surface area contributed by atoms with E-state index < -0.39 is 0 Å². The Balaban J connectivity index is 3.15. The molecule has 0 aliphatic heterocycles. The monoisotopic (exact) mass is 219 g/mol. The Kier molecular flexibility index (Phi) is 2.18. The van der Waals surface area contributed by atoms with Gasteiger partial charge in [0.25, 0.3) is 5.56 Å². The molecule has 0 aromatic carbocycles. The summed E-state index contributed by atoms with van der Waals surface area (Å²) in [5.74, 6) is 0.596. The molecular formula is C11H13N3O2. The van der Waals surface area contributed by atoms with Crippen molar-refractivity contribution in [1.29, 1.82) is 0 Å². The number of pyridine rings is 1. The fraction of sp³-hybridized carbons (Fsp3) is 0.364. The van der Waals surface area contributed by atoms with E-state index in [2.05, 4.69) is 9.97 Å². The molecule has 84 valence electrons. The molecule has 5 nitrogen and oxygen atoms in total. The summed E-state index contributed by atoms with van der Waals surface area (Å²) >= 11 is 0. The number of aromatic hydroxyl groups is 1. The molecule has 2 heterocycles. The zero-order valence-corrected chi connectivity index (χ0v) is 9.70. The van der Waals surface area contributed by atoms with E-state index in [1.54, 1.807) is 27.8 Å². The molecule has 0 saturated carbocycles. The normalized spacial score (nSPS) is 11.0. The summed E-state index contributed by atoms with van der Waals surface area (Å²) in [6.07, 6.45) is 0.